The molecule has 1 atom stereocenters. The lowest BCUT2D eigenvalue weighted by Gasteiger charge is -2.30. The zero-order valence-electron chi connectivity index (χ0n) is 8.50. The van der Waals surface area contributed by atoms with Crippen LogP contribution in [-0.4, -0.2) is 30.4 Å². The zero-order chi connectivity index (χ0) is 10.8. The van der Waals surface area contributed by atoms with Crippen LogP contribution in [0.3, 0.4) is 0 Å². The Bertz CT molecular complexity index is 362. The van der Waals surface area contributed by atoms with Crippen LogP contribution < -0.4 is 5.32 Å². The SMILES string of the molecule is CN(Cc1ccc(Cl)s1)C(=O)[C@H]1CCN1. The van der Waals surface area contributed by atoms with Crippen molar-refractivity contribution in [3.8, 4) is 0 Å². The van der Waals surface area contributed by atoms with E-state index in [2.05, 4.69) is 5.32 Å². The van der Waals surface area contributed by atoms with E-state index in [1.165, 1.54) is 11.3 Å². The van der Waals surface area contributed by atoms with Crippen LogP contribution in [0.1, 0.15) is 11.3 Å². The summed E-state index contributed by atoms with van der Waals surface area (Å²) in [5.74, 6) is 0.172. The number of nitrogens with zero attached hydrogens (tertiary/aromatic N) is 1. The maximum absolute atomic E-state index is 11.8. The molecule has 1 aliphatic rings. The summed E-state index contributed by atoms with van der Waals surface area (Å²) in [5, 5.41) is 3.10. The third-order valence-corrected chi connectivity index (χ3v) is 3.74. The number of amides is 1. The number of hydrogen-bond acceptors (Lipinski definition) is 3. The van der Waals surface area contributed by atoms with E-state index in [9.17, 15) is 4.79 Å². The molecule has 82 valence electrons. The van der Waals surface area contributed by atoms with Crippen molar-refractivity contribution in [2.75, 3.05) is 13.6 Å². The van der Waals surface area contributed by atoms with E-state index in [4.69, 9.17) is 11.6 Å². The van der Waals surface area contributed by atoms with Crippen LogP contribution in [-0.2, 0) is 11.3 Å². The van der Waals surface area contributed by atoms with E-state index in [1.807, 2.05) is 19.2 Å². The molecule has 0 aromatic carbocycles. The van der Waals surface area contributed by atoms with Crippen LogP contribution in [0.4, 0.5) is 0 Å². The Labute approximate surface area is 98.0 Å². The summed E-state index contributed by atoms with van der Waals surface area (Å²) in [7, 11) is 1.83. The molecule has 1 aromatic rings. The number of carbonyl (C=O) groups is 1. The lowest BCUT2D eigenvalue weighted by molar-refractivity contribution is -0.134. The summed E-state index contributed by atoms with van der Waals surface area (Å²) in [5.41, 5.74) is 0. The van der Waals surface area contributed by atoms with E-state index in [-0.39, 0.29) is 11.9 Å². The van der Waals surface area contributed by atoms with Crippen LogP contribution in [0.15, 0.2) is 12.1 Å². The summed E-state index contributed by atoms with van der Waals surface area (Å²) in [6.07, 6.45) is 0.953. The Kier molecular flexibility index (Phi) is 3.29. The molecule has 1 amide bonds. The Hall–Kier alpha value is -0.580. The van der Waals surface area contributed by atoms with Crippen LogP contribution in [0.25, 0.3) is 0 Å². The van der Waals surface area contributed by atoms with E-state index >= 15 is 0 Å². The number of nitrogens with one attached hydrogen (secondary N) is 1. The topological polar surface area (TPSA) is 32.3 Å². The highest BCUT2D eigenvalue weighted by Gasteiger charge is 2.27. The zero-order valence-corrected chi connectivity index (χ0v) is 10.1. The maximum atomic E-state index is 11.8. The molecule has 15 heavy (non-hydrogen) atoms. The Balaban J connectivity index is 1.91. The lowest BCUT2D eigenvalue weighted by Crippen LogP contribution is -2.53. The van der Waals surface area contributed by atoms with Gasteiger partial charge < -0.3 is 10.2 Å². The molecule has 2 heterocycles. The molecular weight excluding hydrogens is 232 g/mol. The molecule has 0 bridgehead atoms. The van der Waals surface area contributed by atoms with Gasteiger partial charge in [0.05, 0.1) is 16.9 Å². The number of hydrogen-bond donors (Lipinski definition) is 1. The Morgan fingerprint density at radius 3 is 2.93 bits per heavy atom. The van der Waals surface area contributed by atoms with Crippen molar-refractivity contribution in [1.82, 2.24) is 10.2 Å². The highest BCUT2D eigenvalue weighted by atomic mass is 35.5. The van der Waals surface area contributed by atoms with E-state index in [0.29, 0.717) is 6.54 Å². The van der Waals surface area contributed by atoms with Crippen LogP contribution >= 0.6 is 22.9 Å². The molecule has 0 radical (unpaired) electrons. The first-order chi connectivity index (χ1) is 7.16. The highest BCUT2D eigenvalue weighted by Crippen LogP contribution is 2.22. The average Bonchev–Trinajstić information content (AvgIpc) is 2.48. The van der Waals surface area contributed by atoms with Crippen molar-refractivity contribution in [3.63, 3.8) is 0 Å². The van der Waals surface area contributed by atoms with Crippen LogP contribution in [0, 0.1) is 0 Å². The van der Waals surface area contributed by atoms with Crippen LogP contribution in [0.5, 0.6) is 0 Å². The molecule has 0 aliphatic carbocycles. The van der Waals surface area contributed by atoms with E-state index in [0.717, 1.165) is 22.2 Å². The van der Waals surface area contributed by atoms with Crippen molar-refractivity contribution >= 4 is 28.8 Å². The Morgan fingerprint density at radius 1 is 1.73 bits per heavy atom. The maximum Gasteiger partial charge on any atom is 0.239 e. The second kappa shape index (κ2) is 4.51. The minimum atomic E-state index is 0.0328. The molecule has 0 unspecified atom stereocenters. The number of thiophene rings is 1. The second-order valence-electron chi connectivity index (χ2n) is 3.70. The monoisotopic (exact) mass is 244 g/mol. The van der Waals surface area contributed by atoms with Gasteiger partial charge in [-0.05, 0) is 25.1 Å². The average molecular weight is 245 g/mol. The molecule has 1 aliphatic heterocycles. The third-order valence-electron chi connectivity index (χ3n) is 2.52. The van der Waals surface area contributed by atoms with Crippen molar-refractivity contribution in [1.29, 1.82) is 0 Å². The number of likely N-dealkylation sites (N-methyl/N-ethyl adjacent to an activating group) is 1. The van der Waals surface area contributed by atoms with Crippen molar-refractivity contribution < 1.29 is 4.79 Å². The Morgan fingerprint density at radius 2 is 2.47 bits per heavy atom. The number of halogens is 1. The predicted octanol–water partition coefficient (Wildman–Crippen LogP) is 1.72. The second-order valence-corrected chi connectivity index (χ2v) is 5.50. The largest absolute Gasteiger partial charge is 0.339 e. The summed E-state index contributed by atoms with van der Waals surface area (Å²) in [6.45, 7) is 1.60. The summed E-state index contributed by atoms with van der Waals surface area (Å²) < 4.78 is 0.771. The lowest BCUT2D eigenvalue weighted by atomic mass is 10.1. The summed E-state index contributed by atoms with van der Waals surface area (Å²) >= 11 is 7.35. The first-order valence-electron chi connectivity index (χ1n) is 4.89. The van der Waals surface area contributed by atoms with Gasteiger partial charge in [-0.3, -0.25) is 4.79 Å². The smallest absolute Gasteiger partial charge is 0.239 e. The van der Waals surface area contributed by atoms with Gasteiger partial charge in [-0.15, -0.1) is 11.3 Å². The van der Waals surface area contributed by atoms with Gasteiger partial charge in [0, 0.05) is 11.9 Å². The quantitative estimate of drug-likeness (QED) is 0.878. The minimum Gasteiger partial charge on any atom is -0.339 e. The summed E-state index contributed by atoms with van der Waals surface area (Å²) in [6, 6.07) is 3.86. The number of carbonyl (C=O) groups excluding carboxylic acids is 1. The normalized spacial score (nSPS) is 19.7. The van der Waals surface area contributed by atoms with Gasteiger partial charge in [0.2, 0.25) is 5.91 Å². The van der Waals surface area contributed by atoms with E-state index < -0.39 is 0 Å². The molecule has 1 saturated heterocycles. The van der Waals surface area contributed by atoms with Crippen molar-refractivity contribution in [3.05, 3.63) is 21.3 Å². The third kappa shape index (κ3) is 2.51. The molecule has 3 nitrogen and oxygen atoms in total. The fraction of sp³-hybridized carbons (Fsp3) is 0.500. The van der Waals surface area contributed by atoms with Gasteiger partial charge in [0.1, 0.15) is 0 Å². The number of rotatable bonds is 3. The first-order valence-corrected chi connectivity index (χ1v) is 6.09. The predicted molar refractivity (Wildman–Crippen MR) is 62.2 cm³/mol. The molecular formula is C10H13ClN2OS. The summed E-state index contributed by atoms with van der Waals surface area (Å²) in [4.78, 5) is 14.6. The molecule has 1 N–H and O–H groups in total. The molecule has 1 fully saturated rings. The standard InChI is InChI=1S/C10H13ClN2OS/c1-13(10(14)8-4-5-12-8)6-7-2-3-9(11)15-7/h2-3,8,12H,4-6H2,1H3/t8-/m1/s1. The van der Waals surface area contributed by atoms with E-state index in [1.54, 1.807) is 4.90 Å². The molecule has 0 spiro atoms. The molecule has 5 heteroatoms. The van der Waals surface area contributed by atoms with Gasteiger partial charge in [-0.1, -0.05) is 11.6 Å². The minimum absolute atomic E-state index is 0.0328. The van der Waals surface area contributed by atoms with Gasteiger partial charge in [-0.2, -0.15) is 0 Å². The fourth-order valence-corrected chi connectivity index (χ4v) is 2.66. The first kappa shape index (κ1) is 10.9. The van der Waals surface area contributed by atoms with Gasteiger partial charge in [0.15, 0.2) is 0 Å². The molecule has 2 rings (SSSR count). The highest BCUT2D eigenvalue weighted by molar-refractivity contribution is 7.16. The van der Waals surface area contributed by atoms with Crippen molar-refractivity contribution in [2.24, 2.45) is 0 Å². The van der Waals surface area contributed by atoms with Gasteiger partial charge >= 0.3 is 0 Å². The van der Waals surface area contributed by atoms with Crippen LogP contribution in [0.2, 0.25) is 4.34 Å². The van der Waals surface area contributed by atoms with Gasteiger partial charge in [0.25, 0.3) is 0 Å². The van der Waals surface area contributed by atoms with Crippen molar-refractivity contribution in [2.45, 2.75) is 19.0 Å². The fourth-order valence-electron chi connectivity index (χ4n) is 1.51. The molecule has 0 saturated carbocycles. The molecule has 1 aromatic heterocycles. The van der Waals surface area contributed by atoms with Gasteiger partial charge in [-0.25, -0.2) is 0 Å².